The van der Waals surface area contributed by atoms with Gasteiger partial charge in [0.25, 0.3) is 0 Å². The molecule has 0 spiro atoms. The second-order valence-electron chi connectivity index (χ2n) is 5.88. The number of aldehydes is 1. The number of hydrogen-bond donors (Lipinski definition) is 0. The average Bonchev–Trinajstić information content (AvgIpc) is 2.36. The summed E-state index contributed by atoms with van der Waals surface area (Å²) in [5, 5.41) is 0. The van der Waals surface area contributed by atoms with Gasteiger partial charge in [-0.05, 0) is 31.2 Å². The van der Waals surface area contributed by atoms with E-state index < -0.39 is 29.6 Å². The van der Waals surface area contributed by atoms with Gasteiger partial charge in [-0.1, -0.05) is 30.3 Å². The van der Waals surface area contributed by atoms with Gasteiger partial charge in [-0.15, -0.1) is 0 Å². The summed E-state index contributed by atoms with van der Waals surface area (Å²) < 4.78 is 54.1. The topological polar surface area (TPSA) is 17.1 Å². The first kappa shape index (κ1) is 15.0. The van der Waals surface area contributed by atoms with Crippen LogP contribution in [-0.2, 0) is 4.79 Å². The van der Waals surface area contributed by atoms with Gasteiger partial charge in [0.2, 0.25) is 0 Å². The SMILES string of the molecule is CC1(F)CC(c2ccccc2)CC(C=O)(C(F)(F)F)C1. The fourth-order valence-electron chi connectivity index (χ4n) is 3.16. The zero-order valence-corrected chi connectivity index (χ0v) is 11.1. The van der Waals surface area contributed by atoms with Gasteiger partial charge < -0.3 is 4.79 Å². The van der Waals surface area contributed by atoms with Crippen molar-refractivity contribution < 1.29 is 22.4 Å². The number of hydrogen-bond acceptors (Lipinski definition) is 1. The molecule has 5 heteroatoms. The van der Waals surface area contributed by atoms with Gasteiger partial charge in [0, 0.05) is 6.42 Å². The summed E-state index contributed by atoms with van der Waals surface area (Å²) in [4.78, 5) is 11.1. The van der Waals surface area contributed by atoms with E-state index >= 15 is 0 Å². The van der Waals surface area contributed by atoms with Crippen LogP contribution in [0.4, 0.5) is 17.6 Å². The maximum atomic E-state index is 14.4. The first-order valence-corrected chi connectivity index (χ1v) is 6.46. The molecule has 1 aliphatic carbocycles. The molecule has 20 heavy (non-hydrogen) atoms. The van der Waals surface area contributed by atoms with Gasteiger partial charge >= 0.3 is 6.18 Å². The molecule has 1 aromatic rings. The number of halogens is 4. The molecule has 0 heterocycles. The van der Waals surface area contributed by atoms with Crippen molar-refractivity contribution in [1.82, 2.24) is 0 Å². The molecule has 0 aliphatic heterocycles. The Bertz CT molecular complexity index is 480. The van der Waals surface area contributed by atoms with E-state index in [1.807, 2.05) is 0 Å². The van der Waals surface area contributed by atoms with E-state index in [1.165, 1.54) is 0 Å². The second-order valence-corrected chi connectivity index (χ2v) is 5.88. The molecule has 3 atom stereocenters. The molecule has 3 unspecified atom stereocenters. The number of carbonyl (C=O) groups excluding carboxylic acids is 1. The highest BCUT2D eigenvalue weighted by Crippen LogP contribution is 2.55. The van der Waals surface area contributed by atoms with Crippen LogP contribution in [0, 0.1) is 5.41 Å². The second kappa shape index (κ2) is 4.86. The minimum atomic E-state index is -4.73. The molecule has 0 N–H and O–H groups in total. The maximum Gasteiger partial charge on any atom is 0.401 e. The largest absolute Gasteiger partial charge is 0.401 e. The molecule has 2 rings (SSSR count). The van der Waals surface area contributed by atoms with E-state index in [-0.39, 0.29) is 19.1 Å². The fraction of sp³-hybridized carbons (Fsp3) is 0.533. The van der Waals surface area contributed by atoms with Crippen LogP contribution in [0.25, 0.3) is 0 Å². The first-order chi connectivity index (χ1) is 9.19. The summed E-state index contributed by atoms with van der Waals surface area (Å²) in [6.45, 7) is 1.14. The fourth-order valence-corrected chi connectivity index (χ4v) is 3.16. The van der Waals surface area contributed by atoms with E-state index in [9.17, 15) is 22.4 Å². The lowest BCUT2D eigenvalue weighted by atomic mass is 9.63. The highest BCUT2D eigenvalue weighted by molar-refractivity contribution is 5.62. The Hall–Kier alpha value is -1.39. The third kappa shape index (κ3) is 2.72. The van der Waals surface area contributed by atoms with E-state index in [2.05, 4.69) is 0 Å². The molecule has 110 valence electrons. The normalized spacial score (nSPS) is 34.8. The summed E-state index contributed by atoms with van der Waals surface area (Å²) >= 11 is 0. The molecule has 1 nitrogen and oxygen atoms in total. The van der Waals surface area contributed by atoms with Crippen molar-refractivity contribution in [3.8, 4) is 0 Å². The van der Waals surface area contributed by atoms with Gasteiger partial charge in [-0.2, -0.15) is 13.2 Å². The highest BCUT2D eigenvalue weighted by Gasteiger charge is 2.61. The number of rotatable bonds is 2. The van der Waals surface area contributed by atoms with Crippen molar-refractivity contribution in [2.24, 2.45) is 5.41 Å². The summed E-state index contributed by atoms with van der Waals surface area (Å²) in [6, 6.07) is 8.51. The van der Waals surface area contributed by atoms with E-state index in [4.69, 9.17) is 0 Å². The van der Waals surface area contributed by atoms with Crippen molar-refractivity contribution in [1.29, 1.82) is 0 Å². The molecule has 1 aromatic carbocycles. The Morgan fingerprint density at radius 1 is 1.20 bits per heavy atom. The standard InChI is InChI=1S/C15H16F4O/c1-13(16)7-12(11-5-3-2-4-6-11)8-14(9-13,10-20)15(17,18)19/h2-6,10,12H,7-9H2,1H3. The molecule has 1 saturated carbocycles. The van der Waals surface area contributed by atoms with Crippen LogP contribution in [0.15, 0.2) is 30.3 Å². The molecule has 1 aliphatic rings. The molecular weight excluding hydrogens is 272 g/mol. The first-order valence-electron chi connectivity index (χ1n) is 6.46. The van der Waals surface area contributed by atoms with E-state index in [0.717, 1.165) is 6.92 Å². The Labute approximate surface area is 115 Å². The van der Waals surface area contributed by atoms with Gasteiger partial charge in [-0.3, -0.25) is 0 Å². The van der Waals surface area contributed by atoms with E-state index in [0.29, 0.717) is 5.56 Å². The van der Waals surface area contributed by atoms with Crippen LogP contribution in [0.3, 0.4) is 0 Å². The Kier molecular flexibility index (Phi) is 3.65. The maximum absolute atomic E-state index is 14.4. The molecule has 0 saturated heterocycles. The quantitative estimate of drug-likeness (QED) is 0.581. The summed E-state index contributed by atoms with van der Waals surface area (Å²) in [5.41, 5.74) is -3.95. The van der Waals surface area contributed by atoms with Crippen LogP contribution < -0.4 is 0 Å². The monoisotopic (exact) mass is 288 g/mol. The zero-order valence-electron chi connectivity index (χ0n) is 11.1. The minimum Gasteiger partial charge on any atom is -0.302 e. The summed E-state index contributed by atoms with van der Waals surface area (Å²) in [7, 11) is 0. The van der Waals surface area contributed by atoms with Gasteiger partial charge in [0.05, 0.1) is 0 Å². The smallest absolute Gasteiger partial charge is 0.302 e. The highest BCUT2D eigenvalue weighted by atomic mass is 19.4. The third-order valence-corrected chi connectivity index (χ3v) is 4.03. The molecular formula is C15H16F4O. The number of alkyl halides is 4. The lowest BCUT2D eigenvalue weighted by Gasteiger charge is -2.44. The van der Waals surface area contributed by atoms with Gasteiger partial charge in [0.15, 0.2) is 0 Å². The van der Waals surface area contributed by atoms with Crippen LogP contribution in [-0.4, -0.2) is 18.1 Å². The number of benzene rings is 1. The Balaban J connectivity index is 2.40. The minimum absolute atomic E-state index is 0.00266. The molecule has 0 radical (unpaired) electrons. The number of carbonyl (C=O) groups is 1. The van der Waals surface area contributed by atoms with Crippen molar-refractivity contribution in [2.45, 2.75) is 43.9 Å². The van der Waals surface area contributed by atoms with Crippen LogP contribution >= 0.6 is 0 Å². The average molecular weight is 288 g/mol. The Morgan fingerprint density at radius 2 is 1.80 bits per heavy atom. The van der Waals surface area contributed by atoms with Crippen LogP contribution in [0.1, 0.15) is 37.7 Å². The lowest BCUT2D eigenvalue weighted by Crippen LogP contribution is -2.49. The van der Waals surface area contributed by atoms with Crippen molar-refractivity contribution in [3.63, 3.8) is 0 Å². The van der Waals surface area contributed by atoms with E-state index in [1.54, 1.807) is 30.3 Å². The predicted molar refractivity (Wildman–Crippen MR) is 67.1 cm³/mol. The Morgan fingerprint density at radius 3 is 2.30 bits per heavy atom. The van der Waals surface area contributed by atoms with Gasteiger partial charge in [-0.25, -0.2) is 4.39 Å². The van der Waals surface area contributed by atoms with Crippen molar-refractivity contribution in [2.75, 3.05) is 0 Å². The van der Waals surface area contributed by atoms with Gasteiger partial charge in [0.1, 0.15) is 17.4 Å². The predicted octanol–water partition coefficient (Wildman–Crippen LogP) is 4.43. The van der Waals surface area contributed by atoms with Crippen LogP contribution in [0.5, 0.6) is 0 Å². The zero-order chi connectivity index (χ0) is 15.0. The van der Waals surface area contributed by atoms with Crippen molar-refractivity contribution >= 4 is 6.29 Å². The lowest BCUT2D eigenvalue weighted by molar-refractivity contribution is -0.234. The summed E-state index contributed by atoms with van der Waals surface area (Å²) in [6.07, 6.45) is -6.02. The van der Waals surface area contributed by atoms with Crippen molar-refractivity contribution in [3.05, 3.63) is 35.9 Å². The molecule has 1 fully saturated rings. The van der Waals surface area contributed by atoms with Crippen LogP contribution in [0.2, 0.25) is 0 Å². The molecule has 0 aromatic heterocycles. The molecule has 0 bridgehead atoms. The third-order valence-electron chi connectivity index (χ3n) is 4.03. The molecule has 0 amide bonds. The summed E-state index contributed by atoms with van der Waals surface area (Å²) in [5.74, 6) is -0.605.